The second kappa shape index (κ2) is 6.45. The quantitative estimate of drug-likeness (QED) is 0.843. The molecule has 0 spiro atoms. The van der Waals surface area contributed by atoms with Gasteiger partial charge < -0.3 is 9.84 Å². The van der Waals surface area contributed by atoms with E-state index in [4.69, 9.17) is 9.84 Å². The first kappa shape index (κ1) is 13.8. The van der Waals surface area contributed by atoms with Gasteiger partial charge in [-0.05, 0) is 37.1 Å². The van der Waals surface area contributed by atoms with Gasteiger partial charge in [-0.2, -0.15) is 0 Å². The van der Waals surface area contributed by atoms with Gasteiger partial charge in [0.25, 0.3) is 0 Å². The van der Waals surface area contributed by atoms with Gasteiger partial charge in [0, 0.05) is 16.1 Å². The molecule has 0 aliphatic carbocycles. The largest absolute Gasteiger partial charge is 0.493 e. The average molecular weight is 299 g/mol. The SMILES string of the molecule is CCCOc1ccc(Br)cc1/C(C)=C/C(=O)O. The molecule has 1 aromatic rings. The summed E-state index contributed by atoms with van der Waals surface area (Å²) in [6.07, 6.45) is 2.10. The van der Waals surface area contributed by atoms with E-state index < -0.39 is 5.97 Å². The highest BCUT2D eigenvalue weighted by Gasteiger charge is 2.07. The summed E-state index contributed by atoms with van der Waals surface area (Å²) >= 11 is 3.37. The molecule has 0 aliphatic heterocycles. The highest BCUT2D eigenvalue weighted by atomic mass is 79.9. The molecule has 0 radical (unpaired) electrons. The summed E-state index contributed by atoms with van der Waals surface area (Å²) in [4.78, 5) is 10.7. The minimum atomic E-state index is -0.955. The maximum atomic E-state index is 10.7. The second-order valence-electron chi connectivity index (χ2n) is 3.65. The van der Waals surface area contributed by atoms with Crippen LogP contribution in [0.5, 0.6) is 5.75 Å². The van der Waals surface area contributed by atoms with Crippen LogP contribution in [0.4, 0.5) is 0 Å². The van der Waals surface area contributed by atoms with E-state index in [-0.39, 0.29) is 0 Å². The van der Waals surface area contributed by atoms with Gasteiger partial charge in [0.15, 0.2) is 0 Å². The Morgan fingerprint density at radius 1 is 1.53 bits per heavy atom. The van der Waals surface area contributed by atoms with Gasteiger partial charge in [0.2, 0.25) is 0 Å². The van der Waals surface area contributed by atoms with Gasteiger partial charge in [-0.3, -0.25) is 0 Å². The Morgan fingerprint density at radius 3 is 2.82 bits per heavy atom. The topological polar surface area (TPSA) is 46.5 Å². The molecule has 3 nitrogen and oxygen atoms in total. The molecule has 0 aliphatic rings. The molecule has 17 heavy (non-hydrogen) atoms. The summed E-state index contributed by atoms with van der Waals surface area (Å²) in [5, 5.41) is 8.75. The number of aliphatic carboxylic acids is 1. The molecule has 0 heterocycles. The molecule has 1 N–H and O–H groups in total. The number of allylic oxidation sites excluding steroid dienone is 1. The van der Waals surface area contributed by atoms with Crippen molar-refractivity contribution < 1.29 is 14.6 Å². The number of hydrogen-bond donors (Lipinski definition) is 1. The zero-order valence-electron chi connectivity index (χ0n) is 9.87. The fourth-order valence-electron chi connectivity index (χ4n) is 1.41. The number of carboxylic acid groups (broad SMARTS) is 1. The van der Waals surface area contributed by atoms with Gasteiger partial charge in [-0.15, -0.1) is 0 Å². The predicted octanol–water partition coefficient (Wildman–Crippen LogP) is 3.73. The molecule has 0 unspecified atom stereocenters. The number of carboxylic acids is 1. The van der Waals surface area contributed by atoms with Crippen LogP contribution in [-0.4, -0.2) is 17.7 Å². The number of ether oxygens (including phenoxy) is 1. The van der Waals surface area contributed by atoms with Crippen molar-refractivity contribution >= 4 is 27.5 Å². The van der Waals surface area contributed by atoms with Crippen molar-refractivity contribution in [1.29, 1.82) is 0 Å². The number of carbonyl (C=O) groups is 1. The van der Waals surface area contributed by atoms with Crippen LogP contribution in [0.25, 0.3) is 5.57 Å². The molecular formula is C13H15BrO3. The van der Waals surface area contributed by atoms with Crippen molar-refractivity contribution in [2.75, 3.05) is 6.61 Å². The predicted molar refractivity (Wildman–Crippen MR) is 71.2 cm³/mol. The van der Waals surface area contributed by atoms with Crippen LogP contribution in [0.3, 0.4) is 0 Å². The van der Waals surface area contributed by atoms with E-state index in [0.717, 1.165) is 16.5 Å². The monoisotopic (exact) mass is 298 g/mol. The number of hydrogen-bond acceptors (Lipinski definition) is 2. The third-order valence-electron chi connectivity index (χ3n) is 2.17. The van der Waals surface area contributed by atoms with Gasteiger partial charge in [0.05, 0.1) is 6.61 Å². The molecule has 1 aromatic carbocycles. The van der Waals surface area contributed by atoms with Gasteiger partial charge >= 0.3 is 5.97 Å². The maximum Gasteiger partial charge on any atom is 0.328 e. The second-order valence-corrected chi connectivity index (χ2v) is 4.57. The molecular weight excluding hydrogens is 284 g/mol. The van der Waals surface area contributed by atoms with Crippen LogP contribution < -0.4 is 4.74 Å². The minimum absolute atomic E-state index is 0.620. The van der Waals surface area contributed by atoms with Crippen LogP contribution in [0.2, 0.25) is 0 Å². The lowest BCUT2D eigenvalue weighted by Crippen LogP contribution is -1.99. The Bertz CT molecular complexity index is 438. The number of halogens is 1. The van der Waals surface area contributed by atoms with Gasteiger partial charge in [0.1, 0.15) is 5.75 Å². The molecule has 0 amide bonds. The average Bonchev–Trinajstić information content (AvgIpc) is 2.26. The summed E-state index contributed by atoms with van der Waals surface area (Å²) in [5.41, 5.74) is 1.47. The maximum absolute atomic E-state index is 10.7. The lowest BCUT2D eigenvalue weighted by Gasteiger charge is -2.11. The van der Waals surface area contributed by atoms with Crippen molar-refractivity contribution in [2.24, 2.45) is 0 Å². The Morgan fingerprint density at radius 2 is 2.24 bits per heavy atom. The smallest absolute Gasteiger partial charge is 0.328 e. The van der Waals surface area contributed by atoms with Crippen LogP contribution in [0.15, 0.2) is 28.7 Å². The summed E-state index contributed by atoms with van der Waals surface area (Å²) in [7, 11) is 0. The zero-order chi connectivity index (χ0) is 12.8. The van der Waals surface area contributed by atoms with Gasteiger partial charge in [-0.1, -0.05) is 22.9 Å². The first-order valence-corrected chi connectivity index (χ1v) is 6.18. The standard InChI is InChI=1S/C13H15BrO3/c1-3-6-17-12-5-4-10(14)8-11(12)9(2)7-13(15)16/h4-5,7-8H,3,6H2,1-2H3,(H,15,16)/b9-7+. The van der Waals surface area contributed by atoms with Crippen molar-refractivity contribution in [1.82, 2.24) is 0 Å². The Labute approximate surface area is 109 Å². The van der Waals surface area contributed by atoms with Crippen LogP contribution >= 0.6 is 15.9 Å². The van der Waals surface area contributed by atoms with Crippen LogP contribution in [-0.2, 0) is 4.79 Å². The van der Waals surface area contributed by atoms with E-state index in [2.05, 4.69) is 15.9 Å². The molecule has 0 fully saturated rings. The molecule has 0 saturated carbocycles. The molecule has 0 bridgehead atoms. The highest BCUT2D eigenvalue weighted by molar-refractivity contribution is 9.10. The molecule has 0 saturated heterocycles. The van der Waals surface area contributed by atoms with Crippen LogP contribution in [0.1, 0.15) is 25.8 Å². The molecule has 92 valence electrons. The number of rotatable bonds is 5. The summed E-state index contributed by atoms with van der Waals surface area (Å²) in [6.45, 7) is 4.40. The molecule has 1 rings (SSSR count). The van der Waals surface area contributed by atoms with E-state index in [1.807, 2.05) is 25.1 Å². The van der Waals surface area contributed by atoms with Crippen molar-refractivity contribution in [3.05, 3.63) is 34.3 Å². The molecule has 4 heteroatoms. The van der Waals surface area contributed by atoms with E-state index in [1.54, 1.807) is 6.92 Å². The lowest BCUT2D eigenvalue weighted by atomic mass is 10.1. The van der Waals surface area contributed by atoms with E-state index >= 15 is 0 Å². The third-order valence-corrected chi connectivity index (χ3v) is 2.66. The fourth-order valence-corrected chi connectivity index (χ4v) is 1.77. The first-order chi connectivity index (χ1) is 8.04. The molecule has 0 atom stereocenters. The first-order valence-electron chi connectivity index (χ1n) is 5.38. The zero-order valence-corrected chi connectivity index (χ0v) is 11.5. The molecule has 0 aromatic heterocycles. The lowest BCUT2D eigenvalue weighted by molar-refractivity contribution is -0.131. The summed E-state index contributed by atoms with van der Waals surface area (Å²) in [5.74, 6) is -0.242. The van der Waals surface area contributed by atoms with Crippen molar-refractivity contribution in [3.8, 4) is 5.75 Å². The third kappa shape index (κ3) is 4.23. The minimum Gasteiger partial charge on any atom is -0.493 e. The highest BCUT2D eigenvalue weighted by Crippen LogP contribution is 2.29. The summed E-state index contributed by atoms with van der Waals surface area (Å²) in [6, 6.07) is 5.58. The van der Waals surface area contributed by atoms with Gasteiger partial charge in [-0.25, -0.2) is 4.79 Å². The van der Waals surface area contributed by atoms with Crippen molar-refractivity contribution in [3.63, 3.8) is 0 Å². The normalized spacial score (nSPS) is 11.4. The summed E-state index contributed by atoms with van der Waals surface area (Å²) < 4.78 is 6.49. The Balaban J connectivity index is 3.10. The van der Waals surface area contributed by atoms with E-state index in [9.17, 15) is 4.79 Å². The Hall–Kier alpha value is -1.29. The Kier molecular flexibility index (Phi) is 5.22. The van der Waals surface area contributed by atoms with Crippen molar-refractivity contribution in [2.45, 2.75) is 20.3 Å². The van der Waals surface area contributed by atoms with E-state index in [1.165, 1.54) is 6.08 Å². The van der Waals surface area contributed by atoms with E-state index in [0.29, 0.717) is 17.9 Å². The van der Waals surface area contributed by atoms with Crippen LogP contribution in [0, 0.1) is 0 Å². The fraction of sp³-hybridized carbons (Fsp3) is 0.308. The number of benzene rings is 1.